The summed E-state index contributed by atoms with van der Waals surface area (Å²) in [7, 11) is 2.83. The summed E-state index contributed by atoms with van der Waals surface area (Å²) in [6.45, 7) is 2.22. The first-order chi connectivity index (χ1) is 17.4. The molecule has 1 aliphatic carbocycles. The van der Waals surface area contributed by atoms with E-state index in [1.807, 2.05) is 37.3 Å². The molecule has 5 rings (SSSR count). The SMILES string of the molecule is CC[C@@H]1[C@@H](C(=O)OC)[C@@H](O)[C@@]2(O)c3ncc(OCc4ccccc4)cc3O[C@@]12c1ccc(OC)cc1. The lowest BCUT2D eigenvalue weighted by Crippen LogP contribution is -2.52. The third kappa shape index (κ3) is 3.36. The van der Waals surface area contributed by atoms with Gasteiger partial charge in [-0.2, -0.15) is 0 Å². The fourth-order valence-corrected chi connectivity index (χ4v) is 5.79. The minimum Gasteiger partial charge on any atom is -0.497 e. The highest BCUT2D eigenvalue weighted by atomic mass is 16.5. The van der Waals surface area contributed by atoms with Gasteiger partial charge >= 0.3 is 5.97 Å². The summed E-state index contributed by atoms with van der Waals surface area (Å²) >= 11 is 0. The maximum atomic E-state index is 12.8. The van der Waals surface area contributed by atoms with E-state index in [2.05, 4.69) is 4.98 Å². The van der Waals surface area contributed by atoms with Gasteiger partial charge in [0.2, 0.25) is 0 Å². The standard InChI is InChI=1S/C28H29NO7/c1-4-21-23(26(31)34-3)25(30)27(32)24-22(36-28(21,27)18-10-12-19(33-2)13-11-18)14-20(15-29-24)35-16-17-8-6-5-7-9-17/h5-15,21,23,25,30,32H,4,16H2,1-3H3/t21-,23-,25-,27+,28+/m1/s1. The Bertz CT molecular complexity index is 1250. The van der Waals surface area contributed by atoms with Gasteiger partial charge in [-0.05, 0) is 29.7 Å². The van der Waals surface area contributed by atoms with Crippen molar-refractivity contribution in [1.82, 2.24) is 4.98 Å². The Morgan fingerprint density at radius 1 is 1.08 bits per heavy atom. The molecule has 2 aromatic carbocycles. The summed E-state index contributed by atoms with van der Waals surface area (Å²) < 4.78 is 22.8. The summed E-state index contributed by atoms with van der Waals surface area (Å²) in [5, 5.41) is 23.8. The maximum absolute atomic E-state index is 12.8. The normalized spacial score (nSPS) is 28.1. The smallest absolute Gasteiger partial charge is 0.311 e. The molecular weight excluding hydrogens is 462 g/mol. The maximum Gasteiger partial charge on any atom is 0.311 e. The van der Waals surface area contributed by atoms with Crippen LogP contribution in [-0.4, -0.2) is 41.5 Å². The molecule has 0 unspecified atom stereocenters. The Morgan fingerprint density at radius 3 is 2.44 bits per heavy atom. The number of benzene rings is 2. The van der Waals surface area contributed by atoms with Crippen LogP contribution < -0.4 is 14.2 Å². The number of hydrogen-bond donors (Lipinski definition) is 2. The zero-order valence-electron chi connectivity index (χ0n) is 20.4. The van der Waals surface area contributed by atoms with Gasteiger partial charge in [0.15, 0.2) is 11.2 Å². The molecule has 2 N–H and O–H groups in total. The van der Waals surface area contributed by atoms with Gasteiger partial charge < -0.3 is 29.2 Å². The molecule has 8 nitrogen and oxygen atoms in total. The molecule has 1 saturated carbocycles. The van der Waals surface area contributed by atoms with Gasteiger partial charge in [0.05, 0.1) is 26.3 Å². The molecule has 1 aliphatic heterocycles. The molecule has 36 heavy (non-hydrogen) atoms. The van der Waals surface area contributed by atoms with E-state index in [1.54, 1.807) is 37.4 Å². The second-order valence-corrected chi connectivity index (χ2v) is 9.13. The van der Waals surface area contributed by atoms with Gasteiger partial charge in [-0.25, -0.2) is 0 Å². The number of methoxy groups -OCH3 is 2. The van der Waals surface area contributed by atoms with E-state index < -0.39 is 35.1 Å². The fraction of sp³-hybridized carbons (Fsp3) is 0.357. The number of carbonyl (C=O) groups is 1. The van der Waals surface area contributed by atoms with E-state index in [9.17, 15) is 15.0 Å². The predicted molar refractivity (Wildman–Crippen MR) is 130 cm³/mol. The number of hydrogen-bond acceptors (Lipinski definition) is 8. The third-order valence-electron chi connectivity index (χ3n) is 7.43. The van der Waals surface area contributed by atoms with Crippen molar-refractivity contribution in [2.24, 2.45) is 11.8 Å². The summed E-state index contributed by atoms with van der Waals surface area (Å²) in [6, 6.07) is 18.4. The van der Waals surface area contributed by atoms with Crippen molar-refractivity contribution in [2.45, 2.75) is 37.3 Å². The first-order valence-corrected chi connectivity index (χ1v) is 11.9. The number of esters is 1. The first-order valence-electron chi connectivity index (χ1n) is 11.9. The summed E-state index contributed by atoms with van der Waals surface area (Å²) in [5.74, 6) is -0.867. The van der Waals surface area contributed by atoms with Crippen LogP contribution in [0.2, 0.25) is 0 Å². The molecule has 0 amide bonds. The minimum absolute atomic E-state index is 0.155. The lowest BCUT2D eigenvalue weighted by atomic mass is 9.73. The van der Waals surface area contributed by atoms with Gasteiger partial charge in [-0.3, -0.25) is 9.78 Å². The van der Waals surface area contributed by atoms with Gasteiger partial charge in [0.25, 0.3) is 0 Å². The van der Waals surface area contributed by atoms with Gasteiger partial charge in [-0.1, -0.05) is 49.4 Å². The number of aliphatic hydroxyl groups excluding tert-OH is 1. The molecule has 1 fully saturated rings. The molecule has 0 bridgehead atoms. The monoisotopic (exact) mass is 491 g/mol. The quantitative estimate of drug-likeness (QED) is 0.485. The number of aromatic nitrogens is 1. The summed E-state index contributed by atoms with van der Waals surface area (Å²) in [5.41, 5.74) is -1.75. The van der Waals surface area contributed by atoms with Crippen molar-refractivity contribution in [3.8, 4) is 17.2 Å². The highest BCUT2D eigenvalue weighted by Gasteiger charge is 2.77. The van der Waals surface area contributed by atoms with Crippen LogP contribution in [-0.2, 0) is 27.3 Å². The molecule has 1 aromatic heterocycles. The molecule has 2 heterocycles. The zero-order chi connectivity index (χ0) is 25.5. The fourth-order valence-electron chi connectivity index (χ4n) is 5.79. The first kappa shape index (κ1) is 24.1. The average Bonchev–Trinajstić information content (AvgIpc) is 3.29. The Balaban J connectivity index is 1.61. The summed E-state index contributed by atoms with van der Waals surface area (Å²) in [6.07, 6.45) is 0.407. The highest BCUT2D eigenvalue weighted by Crippen LogP contribution is 2.66. The molecule has 0 spiro atoms. The molecule has 3 aromatic rings. The van der Waals surface area contributed by atoms with Crippen molar-refractivity contribution in [1.29, 1.82) is 0 Å². The minimum atomic E-state index is -2.01. The largest absolute Gasteiger partial charge is 0.497 e. The van der Waals surface area contributed by atoms with E-state index in [0.29, 0.717) is 35.8 Å². The van der Waals surface area contributed by atoms with E-state index in [4.69, 9.17) is 18.9 Å². The number of fused-ring (bicyclic) bond motifs is 3. The van der Waals surface area contributed by atoms with Crippen LogP contribution in [0.1, 0.15) is 30.2 Å². The Morgan fingerprint density at radius 2 is 1.81 bits per heavy atom. The lowest BCUT2D eigenvalue weighted by Gasteiger charge is -2.39. The molecule has 188 valence electrons. The molecular formula is C28H29NO7. The van der Waals surface area contributed by atoms with Crippen molar-refractivity contribution in [2.75, 3.05) is 14.2 Å². The number of aliphatic hydroxyl groups is 2. The van der Waals surface area contributed by atoms with Crippen molar-refractivity contribution in [3.05, 3.63) is 83.7 Å². The highest BCUT2D eigenvalue weighted by molar-refractivity contribution is 5.76. The number of nitrogens with zero attached hydrogens (tertiary/aromatic N) is 1. The van der Waals surface area contributed by atoms with Gasteiger partial charge in [0, 0.05) is 12.0 Å². The van der Waals surface area contributed by atoms with Crippen LogP contribution in [0.15, 0.2) is 66.9 Å². The molecule has 8 heteroatoms. The molecule has 2 aliphatic rings. The van der Waals surface area contributed by atoms with E-state index in [0.717, 1.165) is 5.56 Å². The molecule has 0 radical (unpaired) electrons. The number of rotatable bonds is 7. The van der Waals surface area contributed by atoms with Crippen LogP contribution >= 0.6 is 0 Å². The van der Waals surface area contributed by atoms with E-state index >= 15 is 0 Å². The number of ether oxygens (including phenoxy) is 4. The number of carbonyl (C=O) groups excluding carboxylic acids is 1. The van der Waals surface area contributed by atoms with Crippen LogP contribution in [0.25, 0.3) is 0 Å². The lowest BCUT2D eigenvalue weighted by molar-refractivity contribution is -0.163. The number of pyridine rings is 1. The van der Waals surface area contributed by atoms with Gasteiger partial charge in [0.1, 0.15) is 35.7 Å². The van der Waals surface area contributed by atoms with E-state index in [-0.39, 0.29) is 5.69 Å². The zero-order valence-corrected chi connectivity index (χ0v) is 20.4. The van der Waals surface area contributed by atoms with Crippen molar-refractivity contribution < 1.29 is 34.0 Å². The van der Waals surface area contributed by atoms with Crippen molar-refractivity contribution in [3.63, 3.8) is 0 Å². The van der Waals surface area contributed by atoms with Crippen LogP contribution in [0.3, 0.4) is 0 Å². The second kappa shape index (κ2) is 9.11. The summed E-state index contributed by atoms with van der Waals surface area (Å²) in [4.78, 5) is 17.3. The molecule has 5 atom stereocenters. The Hall–Kier alpha value is -3.62. The van der Waals surface area contributed by atoms with Crippen LogP contribution in [0.4, 0.5) is 0 Å². The molecule has 0 saturated heterocycles. The Kier molecular flexibility index (Phi) is 6.10. The predicted octanol–water partition coefficient (Wildman–Crippen LogP) is 3.33. The van der Waals surface area contributed by atoms with Crippen LogP contribution in [0, 0.1) is 11.8 Å². The van der Waals surface area contributed by atoms with Crippen LogP contribution in [0.5, 0.6) is 17.2 Å². The third-order valence-corrected chi connectivity index (χ3v) is 7.43. The second-order valence-electron chi connectivity index (χ2n) is 9.13. The van der Waals surface area contributed by atoms with Crippen molar-refractivity contribution >= 4 is 5.97 Å². The Labute approximate surface area is 209 Å². The average molecular weight is 492 g/mol. The topological polar surface area (TPSA) is 107 Å². The van der Waals surface area contributed by atoms with E-state index in [1.165, 1.54) is 13.3 Å². The van der Waals surface area contributed by atoms with Gasteiger partial charge in [-0.15, -0.1) is 0 Å².